The molecule has 0 aliphatic rings. The number of aromatic nitrogens is 2. The third-order valence-corrected chi connectivity index (χ3v) is 3.64. The Morgan fingerprint density at radius 2 is 2.00 bits per heavy atom. The molecule has 0 fully saturated rings. The van der Waals surface area contributed by atoms with Crippen LogP contribution in [-0.2, 0) is 0 Å². The second-order valence-corrected chi connectivity index (χ2v) is 5.39. The average molecular weight is 349 g/mol. The van der Waals surface area contributed by atoms with Crippen molar-refractivity contribution in [2.24, 2.45) is 0 Å². The molecule has 1 aromatic heterocycles. The van der Waals surface area contributed by atoms with Gasteiger partial charge in [-0.3, -0.25) is 0 Å². The van der Waals surface area contributed by atoms with Gasteiger partial charge in [-0.15, -0.1) is 6.42 Å². The number of hydrogen-bond donors (Lipinski definition) is 2. The van der Waals surface area contributed by atoms with Gasteiger partial charge in [0.15, 0.2) is 11.5 Å². The molecule has 2 aromatic carbocycles. The minimum Gasteiger partial charge on any atom is -0.490 e. The molecule has 1 heterocycles. The zero-order chi connectivity index (χ0) is 18.4. The van der Waals surface area contributed by atoms with Crippen molar-refractivity contribution in [1.82, 2.24) is 9.97 Å². The lowest BCUT2D eigenvalue weighted by Gasteiger charge is -2.14. The summed E-state index contributed by atoms with van der Waals surface area (Å²) in [6, 6.07) is 11.1. The molecule has 6 heteroatoms. The minimum absolute atomic E-state index is 0.0844. The molecular weight excluding hydrogens is 330 g/mol. The first-order valence-corrected chi connectivity index (χ1v) is 8.24. The van der Waals surface area contributed by atoms with Crippen LogP contribution in [0.4, 0.5) is 11.5 Å². The number of benzene rings is 2. The molecule has 0 unspecified atom stereocenters. The number of nitrogens with one attached hydrogen (secondary N) is 1. The van der Waals surface area contributed by atoms with Crippen molar-refractivity contribution in [2.75, 3.05) is 25.1 Å². The highest BCUT2D eigenvalue weighted by atomic mass is 16.5. The van der Waals surface area contributed by atoms with Crippen molar-refractivity contribution < 1.29 is 14.6 Å². The van der Waals surface area contributed by atoms with E-state index in [0.717, 1.165) is 22.2 Å². The topological polar surface area (TPSA) is 76.5 Å². The molecule has 0 aliphatic carbocycles. The highest BCUT2D eigenvalue weighted by molar-refractivity contribution is 5.93. The Balaban J connectivity index is 2.03. The maximum atomic E-state index is 9.04. The predicted molar refractivity (Wildman–Crippen MR) is 101 cm³/mol. The molecule has 0 saturated carbocycles. The van der Waals surface area contributed by atoms with E-state index in [1.807, 2.05) is 37.3 Å². The van der Waals surface area contributed by atoms with Gasteiger partial charge in [-0.05, 0) is 31.2 Å². The van der Waals surface area contributed by atoms with Crippen LogP contribution in [0.15, 0.2) is 42.7 Å². The van der Waals surface area contributed by atoms with Gasteiger partial charge < -0.3 is 19.9 Å². The summed E-state index contributed by atoms with van der Waals surface area (Å²) in [4.78, 5) is 8.65. The first-order chi connectivity index (χ1) is 12.7. The highest BCUT2D eigenvalue weighted by Gasteiger charge is 2.12. The number of ether oxygens (including phenoxy) is 2. The van der Waals surface area contributed by atoms with E-state index in [1.165, 1.54) is 6.33 Å². The Labute approximate surface area is 151 Å². The summed E-state index contributed by atoms with van der Waals surface area (Å²) in [6.07, 6.45) is 6.95. The van der Waals surface area contributed by atoms with Crippen LogP contribution in [0.3, 0.4) is 0 Å². The van der Waals surface area contributed by atoms with Gasteiger partial charge in [-0.2, -0.15) is 0 Å². The molecule has 0 radical (unpaired) electrons. The number of nitrogens with zero attached hydrogens (tertiary/aromatic N) is 2. The largest absolute Gasteiger partial charge is 0.490 e. The lowest BCUT2D eigenvalue weighted by Crippen LogP contribution is -2.05. The molecule has 0 bridgehead atoms. The number of terminal acetylenes is 1. The maximum absolute atomic E-state index is 9.04. The summed E-state index contributed by atoms with van der Waals surface area (Å²) in [6.45, 7) is 2.48. The maximum Gasteiger partial charge on any atom is 0.163 e. The van der Waals surface area contributed by atoms with Gasteiger partial charge in [0.2, 0.25) is 0 Å². The van der Waals surface area contributed by atoms with E-state index in [0.29, 0.717) is 23.9 Å². The molecule has 0 saturated heterocycles. The van der Waals surface area contributed by atoms with E-state index >= 15 is 0 Å². The molecule has 3 aromatic rings. The molecular formula is C20H19N3O3. The van der Waals surface area contributed by atoms with Crippen molar-refractivity contribution in [3.63, 3.8) is 0 Å². The van der Waals surface area contributed by atoms with Crippen molar-refractivity contribution in [2.45, 2.75) is 6.92 Å². The third-order valence-electron chi connectivity index (χ3n) is 3.64. The molecule has 3 rings (SSSR count). The Hall–Kier alpha value is -3.30. The number of anilines is 2. The quantitative estimate of drug-likeness (QED) is 0.638. The van der Waals surface area contributed by atoms with Crippen molar-refractivity contribution >= 4 is 22.4 Å². The normalized spacial score (nSPS) is 10.3. The van der Waals surface area contributed by atoms with Gasteiger partial charge >= 0.3 is 0 Å². The van der Waals surface area contributed by atoms with E-state index in [2.05, 4.69) is 21.2 Å². The number of hydrogen-bond acceptors (Lipinski definition) is 6. The van der Waals surface area contributed by atoms with Crippen molar-refractivity contribution in [3.05, 3.63) is 48.3 Å². The average Bonchev–Trinajstić information content (AvgIpc) is 2.67. The second kappa shape index (κ2) is 8.19. The molecule has 26 heavy (non-hydrogen) atoms. The lowest BCUT2D eigenvalue weighted by atomic mass is 10.2. The van der Waals surface area contributed by atoms with Crippen LogP contribution in [0, 0.1) is 12.3 Å². The van der Waals surface area contributed by atoms with Crippen LogP contribution in [0.2, 0.25) is 0 Å². The second-order valence-electron chi connectivity index (χ2n) is 5.39. The molecule has 0 amide bonds. The SMILES string of the molecule is C#Cc1cccc(Nc2ncnc3cc(OCC)c(OCCO)cc23)c1. The fourth-order valence-corrected chi connectivity index (χ4v) is 2.52. The standard InChI is InChI=1S/C20H19N3O3/c1-3-14-6-5-7-15(10-14)23-20-16-11-18(26-9-8-24)19(25-4-2)12-17(16)21-13-22-20/h1,5-7,10-13,24H,4,8-9H2,2H3,(H,21,22,23). The van der Waals surface area contributed by atoms with E-state index in [-0.39, 0.29) is 13.2 Å². The van der Waals surface area contributed by atoms with Crippen LogP contribution < -0.4 is 14.8 Å². The van der Waals surface area contributed by atoms with Gasteiger partial charge in [-0.1, -0.05) is 12.0 Å². The van der Waals surface area contributed by atoms with Crippen LogP contribution in [0.5, 0.6) is 11.5 Å². The third kappa shape index (κ3) is 3.85. The Bertz CT molecular complexity index is 951. The Morgan fingerprint density at radius 3 is 2.77 bits per heavy atom. The number of fused-ring (bicyclic) bond motifs is 1. The number of aliphatic hydroxyl groups is 1. The Kier molecular flexibility index (Phi) is 5.52. The van der Waals surface area contributed by atoms with Gasteiger partial charge in [0.25, 0.3) is 0 Å². The fourth-order valence-electron chi connectivity index (χ4n) is 2.52. The summed E-state index contributed by atoms with van der Waals surface area (Å²) in [5, 5.41) is 13.1. The number of rotatable bonds is 7. The highest BCUT2D eigenvalue weighted by Crippen LogP contribution is 2.35. The first-order valence-electron chi connectivity index (χ1n) is 8.24. The molecule has 132 valence electrons. The Morgan fingerprint density at radius 1 is 1.15 bits per heavy atom. The fraction of sp³-hybridized carbons (Fsp3) is 0.200. The van der Waals surface area contributed by atoms with Crippen LogP contribution >= 0.6 is 0 Å². The van der Waals surface area contributed by atoms with E-state index in [1.54, 1.807) is 6.07 Å². The van der Waals surface area contributed by atoms with Crippen LogP contribution in [0.1, 0.15) is 12.5 Å². The van der Waals surface area contributed by atoms with Crippen molar-refractivity contribution in [1.29, 1.82) is 0 Å². The molecule has 2 N–H and O–H groups in total. The molecule has 0 spiro atoms. The van der Waals surface area contributed by atoms with Gasteiger partial charge in [0.1, 0.15) is 18.8 Å². The lowest BCUT2D eigenvalue weighted by molar-refractivity contribution is 0.194. The molecule has 6 nitrogen and oxygen atoms in total. The first kappa shape index (κ1) is 17.5. The van der Waals surface area contributed by atoms with E-state index in [9.17, 15) is 0 Å². The van der Waals surface area contributed by atoms with Crippen molar-refractivity contribution in [3.8, 4) is 23.8 Å². The van der Waals surface area contributed by atoms with Gasteiger partial charge in [-0.25, -0.2) is 9.97 Å². The van der Waals surface area contributed by atoms with E-state index in [4.69, 9.17) is 21.0 Å². The molecule has 0 aliphatic heterocycles. The van der Waals surface area contributed by atoms with E-state index < -0.39 is 0 Å². The van der Waals surface area contributed by atoms with Crippen LogP contribution in [-0.4, -0.2) is 34.9 Å². The summed E-state index contributed by atoms with van der Waals surface area (Å²) in [5.74, 6) is 4.34. The zero-order valence-electron chi connectivity index (χ0n) is 14.4. The summed E-state index contributed by atoms with van der Waals surface area (Å²) in [5.41, 5.74) is 2.32. The monoisotopic (exact) mass is 349 g/mol. The van der Waals surface area contributed by atoms with Gasteiger partial charge in [0.05, 0.1) is 18.7 Å². The van der Waals surface area contributed by atoms with Gasteiger partial charge in [0, 0.05) is 22.7 Å². The molecule has 0 atom stereocenters. The van der Waals surface area contributed by atoms with Crippen LogP contribution in [0.25, 0.3) is 10.9 Å². The smallest absolute Gasteiger partial charge is 0.163 e. The number of aliphatic hydroxyl groups excluding tert-OH is 1. The minimum atomic E-state index is -0.0844. The summed E-state index contributed by atoms with van der Waals surface area (Å²) < 4.78 is 11.2. The zero-order valence-corrected chi connectivity index (χ0v) is 14.4. The summed E-state index contributed by atoms with van der Waals surface area (Å²) >= 11 is 0. The summed E-state index contributed by atoms with van der Waals surface area (Å²) in [7, 11) is 0. The predicted octanol–water partition coefficient (Wildman–Crippen LogP) is 3.12.